The maximum absolute atomic E-state index is 13.0. The van der Waals surface area contributed by atoms with E-state index < -0.39 is 5.67 Å². The van der Waals surface area contributed by atoms with E-state index in [-0.39, 0.29) is 10.8 Å². The van der Waals surface area contributed by atoms with E-state index in [1.807, 2.05) is 0 Å². The zero-order chi connectivity index (χ0) is 6.91. The molecule has 2 aliphatic rings. The first-order valence-corrected chi connectivity index (χ1v) is 3.60. The number of fused-ring (bicyclic) bond motifs is 1. The molecule has 0 amide bonds. The molecular formula is C8H13F. The Hall–Kier alpha value is -0.0700. The van der Waals surface area contributed by atoms with E-state index in [2.05, 4.69) is 20.8 Å². The van der Waals surface area contributed by atoms with Crippen LogP contribution < -0.4 is 0 Å². The molecule has 0 nitrogen and oxygen atoms in total. The van der Waals surface area contributed by atoms with Gasteiger partial charge in [0.1, 0.15) is 5.67 Å². The molecule has 9 heavy (non-hydrogen) atoms. The Morgan fingerprint density at radius 2 is 1.56 bits per heavy atom. The normalized spacial score (nSPS) is 54.7. The summed E-state index contributed by atoms with van der Waals surface area (Å²) in [6.45, 7) is 6.42. The molecule has 52 valence electrons. The van der Waals surface area contributed by atoms with Crippen LogP contribution in [0.2, 0.25) is 0 Å². The average molecular weight is 128 g/mol. The lowest BCUT2D eigenvalue weighted by Crippen LogP contribution is -2.13. The number of hydrogen-bond donors (Lipinski definition) is 0. The van der Waals surface area contributed by atoms with E-state index in [0.29, 0.717) is 0 Å². The summed E-state index contributed by atoms with van der Waals surface area (Å²) in [7, 11) is 0. The van der Waals surface area contributed by atoms with Gasteiger partial charge in [-0.05, 0) is 18.3 Å². The molecule has 2 aliphatic carbocycles. The van der Waals surface area contributed by atoms with Crippen LogP contribution in [0.3, 0.4) is 0 Å². The van der Waals surface area contributed by atoms with Crippen molar-refractivity contribution in [2.24, 2.45) is 10.8 Å². The quantitative estimate of drug-likeness (QED) is 0.470. The maximum atomic E-state index is 13.0. The van der Waals surface area contributed by atoms with Crippen LogP contribution in [-0.4, -0.2) is 5.67 Å². The molecule has 0 unspecified atom stereocenters. The summed E-state index contributed by atoms with van der Waals surface area (Å²) in [5.74, 6) is 0. The first-order chi connectivity index (χ1) is 3.91. The Labute approximate surface area is 55.4 Å². The minimum atomic E-state index is -0.703. The van der Waals surface area contributed by atoms with Crippen molar-refractivity contribution in [3.63, 3.8) is 0 Å². The summed E-state index contributed by atoms with van der Waals surface area (Å²) >= 11 is 0. The van der Waals surface area contributed by atoms with E-state index in [1.54, 1.807) is 0 Å². The monoisotopic (exact) mass is 128 g/mol. The van der Waals surface area contributed by atoms with Crippen LogP contribution in [0.1, 0.15) is 33.6 Å². The lowest BCUT2D eigenvalue weighted by Gasteiger charge is -2.20. The molecule has 0 aromatic rings. The Kier molecular flexibility index (Phi) is 0.607. The molecule has 0 saturated heterocycles. The maximum Gasteiger partial charge on any atom is 0.118 e. The minimum absolute atomic E-state index is 0.125. The smallest absolute Gasteiger partial charge is 0.118 e. The molecule has 0 aromatic heterocycles. The standard InChI is InChI=1S/C8H13F/c1-6(2,3)7-4-8(7,9)5-7/h4-5H2,1-3H3. The Morgan fingerprint density at radius 3 is 1.56 bits per heavy atom. The van der Waals surface area contributed by atoms with Gasteiger partial charge in [-0.1, -0.05) is 20.8 Å². The summed E-state index contributed by atoms with van der Waals surface area (Å²) in [4.78, 5) is 0. The largest absolute Gasteiger partial charge is 0.243 e. The summed E-state index contributed by atoms with van der Waals surface area (Å²) in [6, 6.07) is 0. The summed E-state index contributed by atoms with van der Waals surface area (Å²) in [5, 5.41) is 0. The lowest BCUT2D eigenvalue weighted by molar-refractivity contribution is 0.276. The van der Waals surface area contributed by atoms with Crippen LogP contribution in [0.25, 0.3) is 0 Å². The number of rotatable bonds is 0. The Morgan fingerprint density at radius 1 is 1.22 bits per heavy atom. The van der Waals surface area contributed by atoms with Crippen LogP contribution in [0.5, 0.6) is 0 Å². The molecule has 0 atom stereocenters. The van der Waals surface area contributed by atoms with Gasteiger partial charge in [0.2, 0.25) is 0 Å². The topological polar surface area (TPSA) is 0 Å². The number of alkyl halides is 1. The molecule has 0 aliphatic heterocycles. The number of halogens is 1. The first kappa shape index (κ1) is 5.70. The SMILES string of the molecule is CC(C)(C)C12CC1(F)C2. The van der Waals surface area contributed by atoms with Crippen LogP contribution in [0, 0.1) is 10.8 Å². The molecule has 1 heteroatoms. The summed E-state index contributed by atoms with van der Waals surface area (Å²) < 4.78 is 13.0. The van der Waals surface area contributed by atoms with Gasteiger partial charge < -0.3 is 0 Å². The third kappa shape index (κ3) is 0.415. The molecule has 0 aromatic carbocycles. The van der Waals surface area contributed by atoms with Gasteiger partial charge in [0.25, 0.3) is 0 Å². The highest BCUT2D eigenvalue weighted by Crippen LogP contribution is 2.87. The van der Waals surface area contributed by atoms with Crippen molar-refractivity contribution in [2.75, 3.05) is 0 Å². The van der Waals surface area contributed by atoms with Gasteiger partial charge in [0.15, 0.2) is 0 Å². The van der Waals surface area contributed by atoms with Crippen molar-refractivity contribution in [2.45, 2.75) is 39.3 Å². The third-order valence-corrected chi connectivity index (χ3v) is 3.21. The van der Waals surface area contributed by atoms with Crippen LogP contribution >= 0.6 is 0 Å². The van der Waals surface area contributed by atoms with Gasteiger partial charge in [-0.25, -0.2) is 4.39 Å². The van der Waals surface area contributed by atoms with Crippen LogP contribution in [0.15, 0.2) is 0 Å². The van der Waals surface area contributed by atoms with Crippen molar-refractivity contribution < 1.29 is 4.39 Å². The Bertz CT molecular complexity index is 158. The fourth-order valence-corrected chi connectivity index (χ4v) is 2.02. The van der Waals surface area contributed by atoms with E-state index in [9.17, 15) is 4.39 Å². The molecule has 2 saturated carbocycles. The van der Waals surface area contributed by atoms with Crippen molar-refractivity contribution in [3.05, 3.63) is 0 Å². The van der Waals surface area contributed by atoms with Crippen molar-refractivity contribution in [3.8, 4) is 0 Å². The third-order valence-electron chi connectivity index (χ3n) is 3.21. The van der Waals surface area contributed by atoms with Crippen LogP contribution in [0.4, 0.5) is 4.39 Å². The molecule has 0 heterocycles. The van der Waals surface area contributed by atoms with Crippen molar-refractivity contribution in [1.82, 2.24) is 0 Å². The predicted molar refractivity (Wildman–Crippen MR) is 35.0 cm³/mol. The van der Waals surface area contributed by atoms with E-state index in [4.69, 9.17) is 0 Å². The first-order valence-electron chi connectivity index (χ1n) is 3.60. The molecule has 0 N–H and O–H groups in total. The van der Waals surface area contributed by atoms with Gasteiger partial charge in [-0.15, -0.1) is 0 Å². The molecular weight excluding hydrogens is 115 g/mol. The predicted octanol–water partition coefficient (Wildman–Crippen LogP) is 2.53. The zero-order valence-corrected chi connectivity index (χ0v) is 6.29. The highest BCUT2D eigenvalue weighted by atomic mass is 19.1. The van der Waals surface area contributed by atoms with Gasteiger partial charge in [-0.2, -0.15) is 0 Å². The highest BCUT2D eigenvalue weighted by molar-refractivity contribution is 5.37. The fourth-order valence-electron chi connectivity index (χ4n) is 2.02. The van der Waals surface area contributed by atoms with E-state index in [1.165, 1.54) is 0 Å². The van der Waals surface area contributed by atoms with E-state index in [0.717, 1.165) is 12.8 Å². The molecule has 2 fully saturated rings. The summed E-state index contributed by atoms with van der Waals surface area (Å²) in [6.07, 6.45) is 1.67. The lowest BCUT2D eigenvalue weighted by atomic mass is 9.84. The second kappa shape index (κ2) is 0.959. The number of hydrogen-bond acceptors (Lipinski definition) is 0. The van der Waals surface area contributed by atoms with Crippen molar-refractivity contribution in [1.29, 1.82) is 0 Å². The molecule has 0 bridgehead atoms. The fraction of sp³-hybridized carbons (Fsp3) is 1.00. The molecule has 0 spiro atoms. The highest BCUT2D eigenvalue weighted by Gasteiger charge is 2.88. The van der Waals surface area contributed by atoms with Crippen LogP contribution in [-0.2, 0) is 0 Å². The second-order valence-electron chi connectivity index (χ2n) is 4.65. The minimum Gasteiger partial charge on any atom is -0.243 e. The second-order valence-corrected chi connectivity index (χ2v) is 4.65. The van der Waals surface area contributed by atoms with Gasteiger partial charge in [0, 0.05) is 5.41 Å². The molecule has 2 rings (SSSR count). The average Bonchev–Trinajstić information content (AvgIpc) is 2.17. The van der Waals surface area contributed by atoms with Gasteiger partial charge in [0.05, 0.1) is 0 Å². The summed E-state index contributed by atoms with van der Waals surface area (Å²) in [5.41, 5.74) is -0.368. The molecule has 0 radical (unpaired) electrons. The zero-order valence-electron chi connectivity index (χ0n) is 6.29. The van der Waals surface area contributed by atoms with E-state index >= 15 is 0 Å². The van der Waals surface area contributed by atoms with Gasteiger partial charge >= 0.3 is 0 Å². The van der Waals surface area contributed by atoms with Crippen molar-refractivity contribution >= 4 is 0 Å². The Balaban J connectivity index is 2.20. The van der Waals surface area contributed by atoms with Gasteiger partial charge in [-0.3, -0.25) is 0 Å².